The third kappa shape index (κ3) is 3.67. The molecule has 3 heteroatoms. The minimum absolute atomic E-state index is 0.696. The fraction of sp³-hybridized carbons (Fsp3) is 0.0909. The average molecular weight is 189 g/mol. The van der Waals surface area contributed by atoms with Gasteiger partial charge in [0.1, 0.15) is 0 Å². The van der Waals surface area contributed by atoms with Crippen molar-refractivity contribution in [2.45, 2.75) is 6.92 Å². The molecule has 0 bridgehead atoms. The molecule has 1 aromatic rings. The number of hydrogen-bond donors (Lipinski definition) is 1. The van der Waals surface area contributed by atoms with E-state index in [1.807, 2.05) is 18.2 Å². The highest BCUT2D eigenvalue weighted by Crippen LogP contribution is 2.02. The van der Waals surface area contributed by atoms with E-state index in [0.29, 0.717) is 5.57 Å². The molecule has 72 valence electrons. The molecule has 0 fully saturated rings. The Balaban J connectivity index is 2.70. The maximum atomic E-state index is 10.3. The zero-order valence-electron chi connectivity index (χ0n) is 7.84. The van der Waals surface area contributed by atoms with Crippen molar-refractivity contribution in [3.63, 3.8) is 0 Å². The summed E-state index contributed by atoms with van der Waals surface area (Å²) in [6.07, 6.45) is 8.13. The van der Waals surface area contributed by atoms with Gasteiger partial charge in [-0.15, -0.1) is 0 Å². The molecule has 0 aromatic carbocycles. The van der Waals surface area contributed by atoms with Gasteiger partial charge in [-0.05, 0) is 24.1 Å². The fourth-order valence-electron chi connectivity index (χ4n) is 0.945. The van der Waals surface area contributed by atoms with Gasteiger partial charge in [-0.25, -0.2) is 4.79 Å². The molecule has 3 nitrogen and oxygen atoms in total. The number of carbonyl (C=O) groups is 1. The number of carboxylic acid groups (broad SMARTS) is 1. The lowest BCUT2D eigenvalue weighted by atomic mass is 10.2. The van der Waals surface area contributed by atoms with Crippen LogP contribution in [-0.4, -0.2) is 16.1 Å². The Morgan fingerprint density at radius 3 is 2.93 bits per heavy atom. The first-order valence-corrected chi connectivity index (χ1v) is 4.18. The highest BCUT2D eigenvalue weighted by Gasteiger charge is 1.89. The van der Waals surface area contributed by atoms with Gasteiger partial charge >= 0.3 is 5.97 Å². The zero-order chi connectivity index (χ0) is 10.4. The minimum Gasteiger partial charge on any atom is -0.478 e. The van der Waals surface area contributed by atoms with Crippen molar-refractivity contribution in [3.05, 3.63) is 47.8 Å². The molecule has 1 heterocycles. The van der Waals surface area contributed by atoms with Crippen molar-refractivity contribution < 1.29 is 9.90 Å². The molecule has 0 saturated heterocycles. The molecule has 0 amide bonds. The van der Waals surface area contributed by atoms with Crippen LogP contribution < -0.4 is 0 Å². The molecule has 14 heavy (non-hydrogen) atoms. The lowest BCUT2D eigenvalue weighted by molar-refractivity contribution is -0.131. The van der Waals surface area contributed by atoms with E-state index in [1.165, 1.54) is 0 Å². The molecule has 0 unspecified atom stereocenters. The van der Waals surface area contributed by atoms with Gasteiger partial charge in [0.05, 0.1) is 0 Å². The molecule has 0 aliphatic heterocycles. The summed E-state index contributed by atoms with van der Waals surface area (Å²) in [6.45, 7) is 1.74. The summed E-state index contributed by atoms with van der Waals surface area (Å²) in [4.78, 5) is 14.2. The van der Waals surface area contributed by atoms with Crippen molar-refractivity contribution in [2.24, 2.45) is 0 Å². The SMILES string of the molecule is CC(/C=C\c1cccnc1)=C\C(=O)O. The Kier molecular flexibility index (Phi) is 3.61. The highest BCUT2D eigenvalue weighted by molar-refractivity contribution is 5.81. The third-order valence-corrected chi connectivity index (χ3v) is 1.57. The van der Waals surface area contributed by atoms with E-state index in [1.54, 1.807) is 25.4 Å². The number of aromatic nitrogens is 1. The van der Waals surface area contributed by atoms with Gasteiger partial charge in [0.2, 0.25) is 0 Å². The van der Waals surface area contributed by atoms with E-state index >= 15 is 0 Å². The number of carboxylic acids is 1. The molecular formula is C11H11NO2. The minimum atomic E-state index is -0.932. The molecule has 0 aliphatic carbocycles. The van der Waals surface area contributed by atoms with Gasteiger partial charge in [0.15, 0.2) is 0 Å². The summed E-state index contributed by atoms with van der Waals surface area (Å²) in [6, 6.07) is 3.73. The maximum absolute atomic E-state index is 10.3. The van der Waals surface area contributed by atoms with Crippen molar-refractivity contribution in [1.82, 2.24) is 4.98 Å². The standard InChI is InChI=1S/C11H11NO2/c1-9(7-11(13)14)4-5-10-3-2-6-12-8-10/h2-8H,1H3,(H,13,14)/b5-4-,9-7+. The Morgan fingerprint density at radius 1 is 1.57 bits per heavy atom. The Hall–Kier alpha value is -1.90. The molecule has 0 spiro atoms. The van der Waals surface area contributed by atoms with E-state index < -0.39 is 5.97 Å². The van der Waals surface area contributed by atoms with Gasteiger partial charge in [0.25, 0.3) is 0 Å². The lowest BCUT2D eigenvalue weighted by Crippen LogP contribution is -1.87. The number of hydrogen-bond acceptors (Lipinski definition) is 2. The van der Waals surface area contributed by atoms with Crippen LogP contribution in [0.3, 0.4) is 0 Å². The van der Waals surface area contributed by atoms with Crippen molar-refractivity contribution in [1.29, 1.82) is 0 Å². The lowest BCUT2D eigenvalue weighted by Gasteiger charge is -1.91. The highest BCUT2D eigenvalue weighted by atomic mass is 16.4. The molecule has 0 aliphatic rings. The van der Waals surface area contributed by atoms with E-state index in [-0.39, 0.29) is 0 Å². The summed E-state index contributed by atoms with van der Waals surface area (Å²) >= 11 is 0. The summed E-state index contributed by atoms with van der Waals surface area (Å²) in [7, 11) is 0. The number of rotatable bonds is 3. The molecule has 1 aromatic heterocycles. The number of aliphatic carboxylic acids is 1. The predicted molar refractivity (Wildman–Crippen MR) is 54.7 cm³/mol. The average Bonchev–Trinajstić information content (AvgIpc) is 2.15. The van der Waals surface area contributed by atoms with E-state index in [2.05, 4.69) is 4.98 Å². The van der Waals surface area contributed by atoms with E-state index in [0.717, 1.165) is 11.6 Å². The van der Waals surface area contributed by atoms with Crippen LogP contribution in [0, 0.1) is 0 Å². The zero-order valence-corrected chi connectivity index (χ0v) is 7.84. The van der Waals surface area contributed by atoms with Gasteiger partial charge in [-0.2, -0.15) is 0 Å². The molecule has 0 atom stereocenters. The fourth-order valence-corrected chi connectivity index (χ4v) is 0.945. The molecule has 1 rings (SSSR count). The van der Waals surface area contributed by atoms with Crippen LogP contribution in [0.25, 0.3) is 6.08 Å². The number of nitrogens with zero attached hydrogens (tertiary/aromatic N) is 1. The monoisotopic (exact) mass is 189 g/mol. The van der Waals surface area contributed by atoms with Crippen LogP contribution in [0.4, 0.5) is 0 Å². The van der Waals surface area contributed by atoms with Crippen LogP contribution >= 0.6 is 0 Å². The topological polar surface area (TPSA) is 50.2 Å². The van der Waals surface area contributed by atoms with E-state index in [9.17, 15) is 4.79 Å². The summed E-state index contributed by atoms with van der Waals surface area (Å²) in [5.41, 5.74) is 1.65. The predicted octanol–water partition coefficient (Wildman–Crippen LogP) is 2.13. The second-order valence-corrected chi connectivity index (χ2v) is 2.85. The Bertz CT molecular complexity index is 366. The summed E-state index contributed by atoms with van der Waals surface area (Å²) in [5.74, 6) is -0.932. The molecule has 1 N–H and O–H groups in total. The first kappa shape index (κ1) is 10.2. The molecule has 0 radical (unpaired) electrons. The van der Waals surface area contributed by atoms with Crippen LogP contribution in [-0.2, 0) is 4.79 Å². The van der Waals surface area contributed by atoms with Crippen LogP contribution in [0.1, 0.15) is 12.5 Å². The normalized spacial score (nSPS) is 11.9. The first-order valence-electron chi connectivity index (χ1n) is 4.18. The van der Waals surface area contributed by atoms with Crippen molar-refractivity contribution >= 4 is 12.0 Å². The van der Waals surface area contributed by atoms with Crippen molar-refractivity contribution in [3.8, 4) is 0 Å². The number of allylic oxidation sites excluding steroid dienone is 2. The smallest absolute Gasteiger partial charge is 0.328 e. The van der Waals surface area contributed by atoms with Crippen LogP contribution in [0.15, 0.2) is 42.3 Å². The quantitative estimate of drug-likeness (QED) is 0.585. The maximum Gasteiger partial charge on any atom is 0.328 e. The van der Waals surface area contributed by atoms with Crippen molar-refractivity contribution in [2.75, 3.05) is 0 Å². The molecular weight excluding hydrogens is 178 g/mol. The van der Waals surface area contributed by atoms with Crippen LogP contribution in [0.2, 0.25) is 0 Å². The summed E-state index contributed by atoms with van der Waals surface area (Å²) in [5, 5.41) is 8.46. The van der Waals surface area contributed by atoms with Crippen LogP contribution in [0.5, 0.6) is 0 Å². The largest absolute Gasteiger partial charge is 0.478 e. The van der Waals surface area contributed by atoms with E-state index in [4.69, 9.17) is 5.11 Å². The van der Waals surface area contributed by atoms with Gasteiger partial charge in [0, 0.05) is 18.5 Å². The number of pyridine rings is 1. The Labute approximate surface area is 82.4 Å². The van der Waals surface area contributed by atoms with Gasteiger partial charge in [-0.1, -0.05) is 18.2 Å². The molecule has 0 saturated carbocycles. The summed E-state index contributed by atoms with van der Waals surface area (Å²) < 4.78 is 0. The Morgan fingerprint density at radius 2 is 2.36 bits per heavy atom. The second-order valence-electron chi connectivity index (χ2n) is 2.85. The third-order valence-electron chi connectivity index (χ3n) is 1.57. The van der Waals surface area contributed by atoms with Gasteiger partial charge < -0.3 is 5.11 Å². The first-order chi connectivity index (χ1) is 6.68. The second kappa shape index (κ2) is 4.97. The van der Waals surface area contributed by atoms with Gasteiger partial charge in [-0.3, -0.25) is 4.98 Å².